The maximum atomic E-state index is 13.2. The number of nitrogens with one attached hydrogen (secondary N) is 1. The molecule has 1 N–H and O–H groups in total. The highest BCUT2D eigenvalue weighted by atomic mass is 32.2. The van der Waals surface area contributed by atoms with Crippen LogP contribution < -0.4 is 5.32 Å². The van der Waals surface area contributed by atoms with Crippen molar-refractivity contribution in [2.45, 2.75) is 37.1 Å². The summed E-state index contributed by atoms with van der Waals surface area (Å²) in [5.74, 6) is -0.583. The third-order valence-corrected chi connectivity index (χ3v) is 8.32. The topological polar surface area (TPSA) is 96.4 Å². The third-order valence-electron chi connectivity index (χ3n) is 5.33. The fraction of sp³-hybridized carbons (Fsp3) is 0.261. The number of ketones is 1. The Bertz CT molecular complexity index is 1220. The van der Waals surface area contributed by atoms with Crippen LogP contribution in [0.1, 0.15) is 35.9 Å². The standard InChI is InChI=1S/C23H23N3O4S2/c1-16(27)21-20(17-10-4-2-5-11-17)24-23(31-21)25-22(28)19-14-8-9-15-26(19)32(29,30)18-12-6-3-7-13-18/h2-7,10-13,19H,8-9,14-15H2,1H3,(H,24,25,28)/t19-/m0/s1. The Kier molecular flexibility index (Phi) is 6.50. The normalized spacial score (nSPS) is 17.1. The summed E-state index contributed by atoms with van der Waals surface area (Å²) >= 11 is 1.10. The van der Waals surface area contributed by atoms with E-state index in [-0.39, 0.29) is 22.4 Å². The zero-order valence-corrected chi connectivity index (χ0v) is 19.2. The molecule has 1 aliphatic heterocycles. The average Bonchev–Trinajstić information content (AvgIpc) is 3.24. The quantitative estimate of drug-likeness (QED) is 0.546. The molecule has 166 valence electrons. The predicted molar refractivity (Wildman–Crippen MR) is 124 cm³/mol. The Morgan fingerprint density at radius 2 is 1.69 bits per heavy atom. The van der Waals surface area contributed by atoms with Crippen molar-refractivity contribution in [3.8, 4) is 11.3 Å². The Hall–Kier alpha value is -2.88. The van der Waals surface area contributed by atoms with Crippen molar-refractivity contribution >= 4 is 38.2 Å². The van der Waals surface area contributed by atoms with Gasteiger partial charge in [0.05, 0.1) is 15.5 Å². The second kappa shape index (κ2) is 9.32. The molecule has 3 aromatic rings. The summed E-state index contributed by atoms with van der Waals surface area (Å²) < 4.78 is 27.6. The van der Waals surface area contributed by atoms with Crippen LogP contribution in [0.15, 0.2) is 65.6 Å². The molecule has 7 nitrogen and oxygen atoms in total. The van der Waals surface area contributed by atoms with Crippen molar-refractivity contribution in [2.24, 2.45) is 0 Å². The first-order valence-electron chi connectivity index (χ1n) is 10.3. The number of aromatic nitrogens is 1. The van der Waals surface area contributed by atoms with E-state index < -0.39 is 22.0 Å². The highest BCUT2D eigenvalue weighted by Crippen LogP contribution is 2.32. The number of benzene rings is 2. The second-order valence-corrected chi connectivity index (χ2v) is 10.4. The first-order chi connectivity index (χ1) is 15.4. The second-order valence-electron chi connectivity index (χ2n) is 7.55. The molecule has 0 spiro atoms. The van der Waals surface area contributed by atoms with Gasteiger partial charge in [-0.15, -0.1) is 0 Å². The molecule has 4 rings (SSSR count). The molecule has 1 fully saturated rings. The Labute approximate surface area is 191 Å². The maximum Gasteiger partial charge on any atom is 0.244 e. The number of amides is 1. The van der Waals surface area contributed by atoms with E-state index in [1.54, 1.807) is 18.2 Å². The smallest absolute Gasteiger partial charge is 0.244 e. The maximum absolute atomic E-state index is 13.2. The lowest BCUT2D eigenvalue weighted by molar-refractivity contribution is -0.120. The van der Waals surface area contributed by atoms with Crippen LogP contribution in [0.25, 0.3) is 11.3 Å². The summed E-state index contributed by atoms with van der Waals surface area (Å²) in [5, 5.41) is 3.04. The van der Waals surface area contributed by atoms with Gasteiger partial charge in [0, 0.05) is 19.0 Å². The molecule has 1 amide bonds. The van der Waals surface area contributed by atoms with Crippen molar-refractivity contribution < 1.29 is 18.0 Å². The molecule has 0 radical (unpaired) electrons. The molecular formula is C23H23N3O4S2. The van der Waals surface area contributed by atoms with Crippen LogP contribution in [-0.4, -0.2) is 42.0 Å². The fourth-order valence-corrected chi connectivity index (χ4v) is 6.34. The average molecular weight is 470 g/mol. The van der Waals surface area contributed by atoms with E-state index in [0.29, 0.717) is 23.4 Å². The highest BCUT2D eigenvalue weighted by molar-refractivity contribution is 7.89. The third kappa shape index (κ3) is 4.50. The van der Waals surface area contributed by atoms with Gasteiger partial charge in [0.15, 0.2) is 10.9 Å². The Morgan fingerprint density at radius 1 is 1.03 bits per heavy atom. The Balaban J connectivity index is 1.61. The van der Waals surface area contributed by atoms with Gasteiger partial charge in [-0.05, 0) is 25.0 Å². The molecule has 0 saturated carbocycles. The molecule has 1 aromatic heterocycles. The van der Waals surface area contributed by atoms with Crippen LogP contribution in [-0.2, 0) is 14.8 Å². The molecule has 1 atom stereocenters. The van der Waals surface area contributed by atoms with Gasteiger partial charge in [0.2, 0.25) is 15.9 Å². The van der Waals surface area contributed by atoms with Gasteiger partial charge in [-0.2, -0.15) is 4.31 Å². The minimum Gasteiger partial charge on any atom is -0.301 e. The lowest BCUT2D eigenvalue weighted by Gasteiger charge is -2.33. The van der Waals surface area contributed by atoms with Crippen molar-refractivity contribution in [3.63, 3.8) is 0 Å². The summed E-state index contributed by atoms with van der Waals surface area (Å²) in [6.45, 7) is 1.74. The Morgan fingerprint density at radius 3 is 2.34 bits per heavy atom. The molecule has 2 aromatic carbocycles. The number of hydrogen-bond donors (Lipinski definition) is 1. The number of Topliss-reactive ketones (excluding diaryl/α,β-unsaturated/α-hetero) is 1. The van der Waals surface area contributed by atoms with Crippen LogP contribution >= 0.6 is 11.3 Å². The van der Waals surface area contributed by atoms with Crippen LogP contribution in [0, 0.1) is 0 Å². The van der Waals surface area contributed by atoms with E-state index in [0.717, 1.165) is 23.3 Å². The van der Waals surface area contributed by atoms with Crippen molar-refractivity contribution in [1.29, 1.82) is 0 Å². The number of piperidine rings is 1. The zero-order valence-electron chi connectivity index (χ0n) is 17.5. The van der Waals surface area contributed by atoms with Gasteiger partial charge in [-0.1, -0.05) is 66.3 Å². The minimum atomic E-state index is -3.81. The van der Waals surface area contributed by atoms with Gasteiger partial charge in [-0.25, -0.2) is 13.4 Å². The number of anilines is 1. The minimum absolute atomic E-state index is 0.146. The first-order valence-corrected chi connectivity index (χ1v) is 12.6. The van der Waals surface area contributed by atoms with E-state index >= 15 is 0 Å². The zero-order chi connectivity index (χ0) is 22.7. The van der Waals surface area contributed by atoms with E-state index in [9.17, 15) is 18.0 Å². The van der Waals surface area contributed by atoms with E-state index in [4.69, 9.17) is 0 Å². The van der Waals surface area contributed by atoms with E-state index in [2.05, 4.69) is 10.3 Å². The van der Waals surface area contributed by atoms with E-state index in [1.165, 1.54) is 23.4 Å². The number of carbonyl (C=O) groups is 2. The SMILES string of the molecule is CC(=O)c1sc(NC(=O)[C@@H]2CCCCN2S(=O)(=O)c2ccccc2)nc1-c1ccccc1. The summed E-state index contributed by atoms with van der Waals surface area (Å²) in [6, 6.07) is 16.6. The van der Waals surface area contributed by atoms with Gasteiger partial charge in [0.1, 0.15) is 6.04 Å². The van der Waals surface area contributed by atoms with Crippen LogP contribution in [0.4, 0.5) is 5.13 Å². The summed E-state index contributed by atoms with van der Waals surface area (Å²) in [4.78, 5) is 30.4. The molecule has 32 heavy (non-hydrogen) atoms. The molecule has 0 bridgehead atoms. The molecule has 1 aliphatic rings. The van der Waals surface area contributed by atoms with Gasteiger partial charge in [0.25, 0.3) is 0 Å². The molecule has 9 heteroatoms. The number of nitrogens with zero attached hydrogens (tertiary/aromatic N) is 2. The van der Waals surface area contributed by atoms with Crippen LogP contribution in [0.5, 0.6) is 0 Å². The largest absolute Gasteiger partial charge is 0.301 e. The summed E-state index contributed by atoms with van der Waals surface area (Å²) in [7, 11) is -3.81. The van der Waals surface area contributed by atoms with E-state index in [1.807, 2.05) is 30.3 Å². The lowest BCUT2D eigenvalue weighted by atomic mass is 10.0. The molecular weight excluding hydrogens is 446 g/mol. The van der Waals surface area contributed by atoms with Crippen LogP contribution in [0.2, 0.25) is 0 Å². The number of rotatable bonds is 6. The monoisotopic (exact) mass is 469 g/mol. The highest BCUT2D eigenvalue weighted by Gasteiger charge is 2.38. The first kappa shape index (κ1) is 22.3. The lowest BCUT2D eigenvalue weighted by Crippen LogP contribution is -2.49. The molecule has 1 saturated heterocycles. The predicted octanol–water partition coefficient (Wildman–Crippen LogP) is 4.19. The number of thiazole rings is 1. The molecule has 2 heterocycles. The van der Waals surface area contributed by atoms with Crippen molar-refractivity contribution in [3.05, 3.63) is 65.5 Å². The van der Waals surface area contributed by atoms with Gasteiger partial charge >= 0.3 is 0 Å². The van der Waals surface area contributed by atoms with Gasteiger partial charge < -0.3 is 5.32 Å². The number of hydrogen-bond acceptors (Lipinski definition) is 6. The number of carbonyl (C=O) groups excluding carboxylic acids is 2. The molecule has 0 unspecified atom stereocenters. The van der Waals surface area contributed by atoms with Crippen molar-refractivity contribution in [2.75, 3.05) is 11.9 Å². The summed E-state index contributed by atoms with van der Waals surface area (Å²) in [5.41, 5.74) is 1.29. The number of sulfonamides is 1. The summed E-state index contributed by atoms with van der Waals surface area (Å²) in [6.07, 6.45) is 1.87. The van der Waals surface area contributed by atoms with Crippen molar-refractivity contribution in [1.82, 2.24) is 9.29 Å². The molecule has 0 aliphatic carbocycles. The van der Waals surface area contributed by atoms with Gasteiger partial charge in [-0.3, -0.25) is 9.59 Å². The fourth-order valence-electron chi connectivity index (χ4n) is 3.78. The van der Waals surface area contributed by atoms with Crippen LogP contribution in [0.3, 0.4) is 0 Å².